The van der Waals surface area contributed by atoms with Gasteiger partial charge in [-0.3, -0.25) is 0 Å². The lowest BCUT2D eigenvalue weighted by Gasteiger charge is -2.02. The predicted molar refractivity (Wildman–Crippen MR) is 128 cm³/mol. The second-order valence-corrected chi connectivity index (χ2v) is 8.30. The zero-order valence-electron chi connectivity index (χ0n) is 19.2. The van der Waals surface area contributed by atoms with E-state index in [-0.39, 0.29) is 0 Å². The minimum atomic E-state index is 0.564. The van der Waals surface area contributed by atoms with E-state index in [2.05, 4.69) is 63.0 Å². The minimum Gasteiger partial charge on any atom is -0.417 e. The molecule has 1 aromatic carbocycles. The van der Waals surface area contributed by atoms with Crippen molar-refractivity contribution in [2.45, 2.75) is 73.1 Å². The number of aromatic nitrogens is 2. The molecule has 0 saturated carbocycles. The molecule has 0 unspecified atom stereocenters. The molecule has 0 aliphatic heterocycles. The van der Waals surface area contributed by atoms with Crippen molar-refractivity contribution in [3.63, 3.8) is 0 Å². The van der Waals surface area contributed by atoms with Crippen LogP contribution >= 0.6 is 0 Å². The zero-order valence-corrected chi connectivity index (χ0v) is 19.2. The molecule has 3 heteroatoms. The third-order valence-electron chi connectivity index (χ3n) is 4.99. The fourth-order valence-electron chi connectivity index (χ4n) is 3.16. The van der Waals surface area contributed by atoms with Gasteiger partial charge in [0.25, 0.3) is 0 Å². The van der Waals surface area contributed by atoms with Crippen molar-refractivity contribution in [1.29, 1.82) is 0 Å². The van der Waals surface area contributed by atoms with Gasteiger partial charge in [-0.15, -0.1) is 10.2 Å². The topological polar surface area (TPSA) is 38.9 Å². The van der Waals surface area contributed by atoms with Crippen molar-refractivity contribution in [2.24, 2.45) is 0 Å². The van der Waals surface area contributed by atoms with E-state index in [9.17, 15) is 0 Å². The van der Waals surface area contributed by atoms with Crippen molar-refractivity contribution < 1.29 is 4.42 Å². The van der Waals surface area contributed by atoms with Crippen molar-refractivity contribution in [2.75, 3.05) is 0 Å². The van der Waals surface area contributed by atoms with Crippen LogP contribution in [0.25, 0.3) is 17.5 Å². The lowest BCUT2D eigenvalue weighted by atomic mass is 10.0. The Kier molecular flexibility index (Phi) is 10.1. The first-order valence-electron chi connectivity index (χ1n) is 10.9. The molecular formula is C27H36N2O. The fraction of sp³-hybridized carbons (Fsp3) is 0.407. The van der Waals surface area contributed by atoms with Gasteiger partial charge >= 0.3 is 0 Å². The zero-order chi connectivity index (χ0) is 21.8. The maximum atomic E-state index is 5.76. The second-order valence-electron chi connectivity index (χ2n) is 8.30. The van der Waals surface area contributed by atoms with Gasteiger partial charge in [-0.1, -0.05) is 58.7 Å². The highest BCUT2D eigenvalue weighted by molar-refractivity contribution is 5.53. The number of hydrogen-bond donors (Lipinski definition) is 0. The molecule has 0 amide bonds. The summed E-state index contributed by atoms with van der Waals surface area (Å²) in [6.07, 6.45) is 15.7. The summed E-state index contributed by atoms with van der Waals surface area (Å²) < 4.78 is 5.76. The molecule has 2 aromatic rings. The quantitative estimate of drug-likeness (QED) is 0.353. The van der Waals surface area contributed by atoms with Crippen LogP contribution in [0.1, 0.15) is 79.0 Å². The molecule has 0 spiro atoms. The number of allylic oxidation sites excluding steroid dienone is 7. The summed E-state index contributed by atoms with van der Waals surface area (Å²) in [4.78, 5) is 0. The average Bonchev–Trinajstić information content (AvgIpc) is 3.17. The number of rotatable bonds is 11. The Bertz CT molecular complexity index is 894. The van der Waals surface area contributed by atoms with E-state index in [4.69, 9.17) is 4.42 Å². The SMILES string of the molecule is CC(C)=CCCC(C)=CCCC(C)=CCCC(C)=Cc1nnc(-c2ccccc2)o1. The van der Waals surface area contributed by atoms with Crippen LogP contribution in [0.4, 0.5) is 0 Å². The molecule has 0 fully saturated rings. The minimum absolute atomic E-state index is 0.564. The second kappa shape index (κ2) is 12.8. The van der Waals surface area contributed by atoms with Crippen LogP contribution in [0.15, 0.2) is 75.3 Å². The lowest BCUT2D eigenvalue weighted by Crippen LogP contribution is -1.82. The van der Waals surface area contributed by atoms with Gasteiger partial charge in [0.1, 0.15) is 0 Å². The predicted octanol–water partition coefficient (Wildman–Crippen LogP) is 8.34. The number of hydrogen-bond acceptors (Lipinski definition) is 3. The van der Waals surface area contributed by atoms with E-state index in [0.717, 1.165) is 37.7 Å². The summed E-state index contributed by atoms with van der Waals surface area (Å²) in [5.74, 6) is 1.13. The normalized spacial score (nSPS) is 12.9. The summed E-state index contributed by atoms with van der Waals surface area (Å²) in [5, 5.41) is 8.29. The standard InChI is InChI=1S/C27H36N2O/c1-21(2)12-9-13-22(3)14-10-15-23(4)16-11-17-24(5)20-26-28-29-27(30-26)25-18-7-6-8-19-25/h6-8,12,14,16,18-20H,9-11,13,15,17H2,1-5H3. The molecular weight excluding hydrogens is 368 g/mol. The van der Waals surface area contributed by atoms with Crippen molar-refractivity contribution in [3.8, 4) is 11.5 Å². The van der Waals surface area contributed by atoms with E-state index in [1.54, 1.807) is 0 Å². The van der Waals surface area contributed by atoms with Crippen LogP contribution in [0.2, 0.25) is 0 Å². The average molecular weight is 405 g/mol. The third kappa shape index (κ3) is 9.21. The molecule has 160 valence electrons. The molecule has 2 rings (SSSR count). The first-order valence-corrected chi connectivity index (χ1v) is 10.9. The Balaban J connectivity index is 1.75. The molecule has 0 bridgehead atoms. The Morgan fingerprint density at radius 2 is 1.30 bits per heavy atom. The first kappa shape index (κ1) is 23.6. The highest BCUT2D eigenvalue weighted by atomic mass is 16.4. The molecule has 0 atom stereocenters. The number of nitrogens with zero attached hydrogens (tertiary/aromatic N) is 2. The first-order chi connectivity index (χ1) is 14.4. The van der Waals surface area contributed by atoms with Crippen LogP contribution in [0.3, 0.4) is 0 Å². The fourth-order valence-corrected chi connectivity index (χ4v) is 3.16. The summed E-state index contributed by atoms with van der Waals surface area (Å²) >= 11 is 0. The molecule has 0 saturated heterocycles. The van der Waals surface area contributed by atoms with Crippen molar-refractivity contribution in [3.05, 3.63) is 76.7 Å². The highest BCUT2D eigenvalue weighted by Gasteiger charge is 2.06. The van der Waals surface area contributed by atoms with E-state index in [0.29, 0.717) is 11.8 Å². The van der Waals surface area contributed by atoms with Gasteiger partial charge in [0, 0.05) is 11.6 Å². The summed E-state index contributed by atoms with van der Waals surface area (Å²) in [7, 11) is 0. The molecule has 3 nitrogen and oxygen atoms in total. The van der Waals surface area contributed by atoms with Gasteiger partial charge < -0.3 is 4.42 Å². The number of benzene rings is 1. The molecule has 0 aliphatic rings. The van der Waals surface area contributed by atoms with Gasteiger partial charge in [0.2, 0.25) is 11.8 Å². The van der Waals surface area contributed by atoms with E-state index >= 15 is 0 Å². The Labute approximate surface area is 182 Å². The Hall–Kier alpha value is -2.68. The van der Waals surface area contributed by atoms with Crippen molar-refractivity contribution >= 4 is 6.08 Å². The summed E-state index contributed by atoms with van der Waals surface area (Å²) in [5.41, 5.74) is 6.55. The summed E-state index contributed by atoms with van der Waals surface area (Å²) in [6.45, 7) is 10.9. The molecule has 0 N–H and O–H groups in total. The monoisotopic (exact) mass is 404 g/mol. The smallest absolute Gasteiger partial charge is 0.248 e. The molecule has 0 aliphatic carbocycles. The molecule has 1 aromatic heterocycles. The van der Waals surface area contributed by atoms with Crippen molar-refractivity contribution in [1.82, 2.24) is 10.2 Å². The maximum Gasteiger partial charge on any atom is 0.248 e. The van der Waals surface area contributed by atoms with Crippen LogP contribution in [0.5, 0.6) is 0 Å². The summed E-state index contributed by atoms with van der Waals surface area (Å²) in [6, 6.07) is 9.86. The van der Waals surface area contributed by atoms with Crippen LogP contribution in [-0.2, 0) is 0 Å². The van der Waals surface area contributed by atoms with E-state index in [1.165, 1.54) is 28.7 Å². The van der Waals surface area contributed by atoms with Gasteiger partial charge in [0.05, 0.1) is 0 Å². The maximum absolute atomic E-state index is 5.76. The van der Waals surface area contributed by atoms with Crippen LogP contribution in [-0.4, -0.2) is 10.2 Å². The van der Waals surface area contributed by atoms with E-state index < -0.39 is 0 Å². The lowest BCUT2D eigenvalue weighted by molar-refractivity contribution is 0.557. The van der Waals surface area contributed by atoms with E-state index in [1.807, 2.05) is 36.4 Å². The van der Waals surface area contributed by atoms with Crippen LogP contribution < -0.4 is 0 Å². The Morgan fingerprint density at radius 3 is 1.90 bits per heavy atom. The third-order valence-corrected chi connectivity index (χ3v) is 4.99. The van der Waals surface area contributed by atoms with Gasteiger partial charge in [-0.05, 0) is 85.3 Å². The highest BCUT2D eigenvalue weighted by Crippen LogP contribution is 2.19. The molecule has 0 radical (unpaired) electrons. The van der Waals surface area contributed by atoms with Gasteiger partial charge in [0.15, 0.2) is 0 Å². The molecule has 30 heavy (non-hydrogen) atoms. The Morgan fingerprint density at radius 1 is 0.733 bits per heavy atom. The van der Waals surface area contributed by atoms with Gasteiger partial charge in [-0.25, -0.2) is 0 Å². The van der Waals surface area contributed by atoms with Gasteiger partial charge in [-0.2, -0.15) is 0 Å². The molecule has 1 heterocycles. The largest absolute Gasteiger partial charge is 0.417 e. The van der Waals surface area contributed by atoms with Crippen LogP contribution in [0, 0.1) is 0 Å².